The number of halogens is 2. The Balaban J connectivity index is 0.000000766. The van der Waals surface area contributed by atoms with E-state index in [4.69, 9.17) is 5.11 Å². The third-order valence-corrected chi connectivity index (χ3v) is 6.99. The van der Waals surface area contributed by atoms with Gasteiger partial charge < -0.3 is 10.4 Å². The maximum atomic E-state index is 13.7. The van der Waals surface area contributed by atoms with E-state index in [1.165, 1.54) is 30.5 Å². The summed E-state index contributed by atoms with van der Waals surface area (Å²) in [5, 5.41) is 15.2. The van der Waals surface area contributed by atoms with Crippen molar-refractivity contribution in [3.63, 3.8) is 0 Å². The van der Waals surface area contributed by atoms with E-state index in [9.17, 15) is 13.6 Å². The number of nitrogens with zero attached hydrogens (tertiary/aromatic N) is 3. The highest BCUT2D eigenvalue weighted by molar-refractivity contribution is 5.94. The monoisotopic (exact) mass is 625 g/mol. The number of carbonyl (C=O) groups is 1. The summed E-state index contributed by atoms with van der Waals surface area (Å²) in [5.74, 6) is -3.16. The van der Waals surface area contributed by atoms with Crippen LogP contribution in [0.25, 0.3) is 11.6 Å². The van der Waals surface area contributed by atoms with E-state index in [1.54, 1.807) is 19.4 Å². The summed E-state index contributed by atoms with van der Waals surface area (Å²) < 4.78 is 29.4. The lowest BCUT2D eigenvalue weighted by molar-refractivity contribution is 0.0520. The van der Waals surface area contributed by atoms with Gasteiger partial charge in [0, 0.05) is 66.8 Å². The zero-order chi connectivity index (χ0) is 34.6. The number of aliphatic hydroxyl groups is 1. The molecule has 8 heteroatoms. The zero-order valence-corrected chi connectivity index (χ0v) is 28.9. The molecule has 0 spiro atoms. The van der Waals surface area contributed by atoms with Gasteiger partial charge in [0.25, 0.3) is 11.8 Å². The van der Waals surface area contributed by atoms with E-state index in [-0.39, 0.29) is 30.5 Å². The molecule has 6 nitrogen and oxygen atoms in total. The maximum absolute atomic E-state index is 13.7. The lowest BCUT2D eigenvalue weighted by Gasteiger charge is -2.27. The molecule has 2 aliphatic carbocycles. The number of hydrogen-bond acceptors (Lipinski definition) is 4. The Morgan fingerprint density at radius 2 is 1.76 bits per heavy atom. The van der Waals surface area contributed by atoms with E-state index in [0.717, 1.165) is 23.3 Å². The molecule has 0 saturated carbocycles. The number of carbonyl (C=O) groups excluding carboxylic acids is 1. The van der Waals surface area contributed by atoms with Crippen LogP contribution < -0.4 is 5.32 Å². The Morgan fingerprint density at radius 3 is 2.18 bits per heavy atom. The molecule has 1 amide bonds. The second kappa shape index (κ2) is 17.2. The molecular weight excluding hydrogens is 570 g/mol. The second-order valence-corrected chi connectivity index (χ2v) is 12.5. The number of amides is 1. The number of allylic oxidation sites excluding steroid dienone is 6. The fourth-order valence-electron chi connectivity index (χ4n) is 4.35. The fraction of sp³-hybridized carbons (Fsp3) is 0.459. The predicted molar refractivity (Wildman–Crippen MR) is 186 cm³/mol. The van der Waals surface area contributed by atoms with Gasteiger partial charge in [-0.05, 0) is 66.5 Å². The summed E-state index contributed by atoms with van der Waals surface area (Å²) in [6, 6.07) is 0. The molecule has 2 aromatic rings. The molecule has 249 valence electrons. The Hall–Kier alpha value is -3.65. The van der Waals surface area contributed by atoms with Gasteiger partial charge in [-0.15, -0.1) is 0 Å². The lowest BCUT2D eigenvalue weighted by atomic mass is 9.82. The SMILES string of the molecule is C=Cc1cncc(C2=C[CH]2)c1C(F)(F)C=C.CC1=CCC(C)(CNC(=O)c2nn(C(C)(C)C)c(C)c2C)C=C1.CCC.CCO.[HH]. The Kier molecular flexibility index (Phi) is 15.0. The van der Waals surface area contributed by atoms with Crippen molar-refractivity contribution >= 4 is 17.6 Å². The summed E-state index contributed by atoms with van der Waals surface area (Å²) in [5.41, 5.74) is 5.16. The van der Waals surface area contributed by atoms with Gasteiger partial charge in [-0.2, -0.15) is 13.9 Å². The van der Waals surface area contributed by atoms with Crippen LogP contribution in [0.4, 0.5) is 8.78 Å². The Labute approximate surface area is 271 Å². The molecule has 2 heterocycles. The molecule has 45 heavy (non-hydrogen) atoms. The molecule has 0 fully saturated rings. The standard InChI is InChI=1S/C19H29N3O.C13H10F2N.C3H8.C2H6O.H2/c1-13-8-10-19(7,11-9-13)12-20-17(23)16-14(2)15(3)22(21-16)18(4,5)6;1-3-9-7-16-8-11(10-5-6-10)12(9)13(14,15)4-2;1-3-2;1-2-3;/h8-10H,11-12H2,1-7H3,(H,20,23);3-8H,1-2H2;3H2,1-2H3;3H,2H2,1H3;1H. The van der Waals surface area contributed by atoms with Gasteiger partial charge in [-0.25, -0.2) is 0 Å². The van der Waals surface area contributed by atoms with Crippen LogP contribution in [0.2, 0.25) is 0 Å². The number of pyridine rings is 1. The average Bonchev–Trinajstić information content (AvgIpc) is 3.79. The lowest BCUT2D eigenvalue weighted by Crippen LogP contribution is -2.35. The van der Waals surface area contributed by atoms with Gasteiger partial charge in [-0.1, -0.05) is 76.3 Å². The molecule has 0 bridgehead atoms. The Bertz CT molecular complexity index is 1420. The Morgan fingerprint density at radius 1 is 1.18 bits per heavy atom. The molecule has 1 atom stereocenters. The van der Waals surface area contributed by atoms with E-state index in [0.29, 0.717) is 29.4 Å². The average molecular weight is 626 g/mol. The molecule has 4 rings (SSSR count). The summed E-state index contributed by atoms with van der Waals surface area (Å²) >= 11 is 0. The van der Waals surface area contributed by atoms with Gasteiger partial charge in [0.05, 0.1) is 5.54 Å². The second-order valence-electron chi connectivity index (χ2n) is 12.5. The molecule has 0 aliphatic heterocycles. The first-order valence-electron chi connectivity index (χ1n) is 15.5. The van der Waals surface area contributed by atoms with Crippen LogP contribution in [0, 0.1) is 25.7 Å². The van der Waals surface area contributed by atoms with Crippen LogP contribution in [0.5, 0.6) is 0 Å². The number of alkyl halides is 2. The molecule has 2 aliphatic rings. The minimum atomic E-state index is -3.07. The highest BCUT2D eigenvalue weighted by Crippen LogP contribution is 2.41. The summed E-state index contributed by atoms with van der Waals surface area (Å²) in [6.45, 7) is 28.0. The number of aliphatic hydroxyl groups excluding tert-OH is 1. The molecular formula is C37H55F2N4O2. The van der Waals surface area contributed by atoms with E-state index in [2.05, 4.69) is 95.3 Å². The molecule has 1 unspecified atom stereocenters. The first-order valence-corrected chi connectivity index (χ1v) is 15.5. The smallest absolute Gasteiger partial charge is 0.292 e. The van der Waals surface area contributed by atoms with Gasteiger partial charge in [0.1, 0.15) is 0 Å². The molecule has 2 N–H and O–H groups in total. The van der Waals surface area contributed by atoms with Crippen LogP contribution in [-0.2, 0) is 11.5 Å². The van der Waals surface area contributed by atoms with Crippen molar-refractivity contribution in [3.8, 4) is 0 Å². The van der Waals surface area contributed by atoms with Crippen molar-refractivity contribution in [1.82, 2.24) is 20.1 Å². The third kappa shape index (κ3) is 11.3. The van der Waals surface area contributed by atoms with E-state index < -0.39 is 5.92 Å². The minimum absolute atomic E-state index is 0. The van der Waals surface area contributed by atoms with Crippen molar-refractivity contribution in [2.24, 2.45) is 5.41 Å². The largest absolute Gasteiger partial charge is 0.397 e. The van der Waals surface area contributed by atoms with Gasteiger partial charge in [0.2, 0.25) is 0 Å². The highest BCUT2D eigenvalue weighted by Gasteiger charge is 2.34. The number of nitrogens with one attached hydrogen (secondary N) is 1. The zero-order valence-electron chi connectivity index (χ0n) is 28.9. The number of rotatable bonds is 7. The van der Waals surface area contributed by atoms with Gasteiger partial charge >= 0.3 is 0 Å². The van der Waals surface area contributed by atoms with Crippen LogP contribution in [-0.4, -0.2) is 38.9 Å². The first kappa shape index (κ1) is 39.4. The maximum Gasteiger partial charge on any atom is 0.292 e. The van der Waals surface area contributed by atoms with Crippen molar-refractivity contribution in [2.45, 2.75) is 93.5 Å². The van der Waals surface area contributed by atoms with E-state index in [1.807, 2.05) is 18.5 Å². The van der Waals surface area contributed by atoms with E-state index >= 15 is 0 Å². The fourth-order valence-corrected chi connectivity index (χ4v) is 4.35. The van der Waals surface area contributed by atoms with Crippen molar-refractivity contribution in [2.75, 3.05) is 13.2 Å². The van der Waals surface area contributed by atoms with Crippen LogP contribution >= 0.6 is 0 Å². The number of aromatic nitrogens is 3. The molecule has 1 radical (unpaired) electrons. The molecule has 0 aromatic carbocycles. The minimum Gasteiger partial charge on any atom is -0.397 e. The molecule has 2 aromatic heterocycles. The summed E-state index contributed by atoms with van der Waals surface area (Å²) in [7, 11) is 0. The van der Waals surface area contributed by atoms with Crippen molar-refractivity contribution in [1.29, 1.82) is 0 Å². The van der Waals surface area contributed by atoms with Gasteiger partial charge in [0.15, 0.2) is 5.69 Å². The van der Waals surface area contributed by atoms with Crippen molar-refractivity contribution < 1.29 is 20.1 Å². The van der Waals surface area contributed by atoms with Crippen LogP contribution in [0.3, 0.4) is 0 Å². The molecule has 0 saturated heterocycles. The summed E-state index contributed by atoms with van der Waals surface area (Å²) in [4.78, 5) is 16.5. The highest BCUT2D eigenvalue weighted by atomic mass is 19.3. The van der Waals surface area contributed by atoms with Gasteiger partial charge in [-0.3, -0.25) is 14.5 Å². The third-order valence-electron chi connectivity index (χ3n) is 6.99. The summed E-state index contributed by atoms with van der Waals surface area (Å²) in [6.07, 6.45) is 17.1. The quantitative estimate of drug-likeness (QED) is 0.301. The topological polar surface area (TPSA) is 80.0 Å². The van der Waals surface area contributed by atoms with Crippen LogP contribution in [0.1, 0.15) is 108 Å². The first-order chi connectivity index (χ1) is 21.0. The predicted octanol–water partition coefficient (Wildman–Crippen LogP) is 9.16. The number of hydrogen-bond donors (Lipinski definition) is 2. The van der Waals surface area contributed by atoms with Crippen molar-refractivity contribution in [3.05, 3.63) is 102 Å². The normalized spacial score (nSPS) is 16.7. The van der Waals surface area contributed by atoms with Crippen LogP contribution in [0.15, 0.2) is 61.5 Å².